The van der Waals surface area contributed by atoms with E-state index in [-0.39, 0.29) is 0 Å². The van der Waals surface area contributed by atoms with Crippen molar-refractivity contribution in [2.75, 3.05) is 0 Å². The maximum Gasteiger partial charge on any atom is 0.222 e. The van der Waals surface area contributed by atoms with E-state index in [1.54, 1.807) is 22.2 Å². The Bertz CT molecular complexity index is 811. The van der Waals surface area contributed by atoms with Crippen molar-refractivity contribution in [2.45, 2.75) is 26.2 Å². The minimum absolute atomic E-state index is 0.557. The lowest BCUT2D eigenvalue weighted by Crippen LogP contribution is -2.09. The van der Waals surface area contributed by atoms with Crippen molar-refractivity contribution in [3.63, 3.8) is 0 Å². The van der Waals surface area contributed by atoms with E-state index >= 15 is 0 Å². The van der Waals surface area contributed by atoms with E-state index in [1.165, 1.54) is 28.7 Å². The standard InChI is InChI=1S/C12H12N4S2/c1-6-2-3-8-7(4-6)9-10-13-5-14-16(10)12(17)15-11(9)18-8/h5-6H,2-4H2,1H3,(H,13,14)/t6-/m0/s1. The Balaban J connectivity index is 2.19. The van der Waals surface area contributed by atoms with Crippen LogP contribution in [0.2, 0.25) is 0 Å². The normalized spacial score (nSPS) is 19.5. The number of H-pyrrole nitrogens is 1. The number of aromatic amines is 1. The molecule has 0 aliphatic heterocycles. The zero-order chi connectivity index (χ0) is 12.3. The van der Waals surface area contributed by atoms with Crippen LogP contribution in [0.25, 0.3) is 15.9 Å². The summed E-state index contributed by atoms with van der Waals surface area (Å²) in [6, 6.07) is 0. The number of aromatic nitrogens is 4. The number of aryl methyl sites for hydroxylation is 1. The summed E-state index contributed by atoms with van der Waals surface area (Å²) in [5.74, 6) is 0.748. The number of thiophene rings is 1. The maximum atomic E-state index is 5.29. The largest absolute Gasteiger partial charge is 0.280 e. The van der Waals surface area contributed by atoms with Gasteiger partial charge in [0.2, 0.25) is 4.77 Å². The molecule has 0 radical (unpaired) electrons. The second-order valence-corrected chi connectivity index (χ2v) is 6.42. The molecule has 3 heterocycles. The molecule has 3 aromatic heterocycles. The molecule has 1 aliphatic rings. The maximum absolute atomic E-state index is 5.29. The average Bonchev–Trinajstić information content (AvgIpc) is 2.92. The van der Waals surface area contributed by atoms with E-state index in [9.17, 15) is 0 Å². The van der Waals surface area contributed by atoms with E-state index in [0.29, 0.717) is 4.77 Å². The number of rotatable bonds is 0. The molecule has 0 bridgehead atoms. The van der Waals surface area contributed by atoms with Crippen LogP contribution in [0.15, 0.2) is 6.33 Å². The lowest BCUT2D eigenvalue weighted by Gasteiger charge is -2.17. The van der Waals surface area contributed by atoms with Crippen LogP contribution in [0.3, 0.4) is 0 Å². The summed E-state index contributed by atoms with van der Waals surface area (Å²) in [5.41, 5.74) is 2.37. The fourth-order valence-electron chi connectivity index (χ4n) is 2.78. The summed E-state index contributed by atoms with van der Waals surface area (Å²) in [4.78, 5) is 11.5. The summed E-state index contributed by atoms with van der Waals surface area (Å²) in [5, 5.41) is 4.24. The van der Waals surface area contributed by atoms with E-state index < -0.39 is 0 Å². The third kappa shape index (κ3) is 1.33. The predicted molar refractivity (Wildman–Crippen MR) is 74.7 cm³/mol. The number of fused-ring (bicyclic) bond motifs is 5. The summed E-state index contributed by atoms with van der Waals surface area (Å²) in [7, 11) is 0. The van der Waals surface area contributed by atoms with Crippen LogP contribution in [0.4, 0.5) is 0 Å². The van der Waals surface area contributed by atoms with E-state index in [4.69, 9.17) is 12.2 Å². The summed E-state index contributed by atoms with van der Waals surface area (Å²) in [6.45, 7) is 2.32. The molecule has 6 heteroatoms. The van der Waals surface area contributed by atoms with Gasteiger partial charge < -0.3 is 0 Å². The molecule has 1 aliphatic carbocycles. The third-order valence-electron chi connectivity index (χ3n) is 3.69. The van der Waals surface area contributed by atoms with Gasteiger partial charge >= 0.3 is 0 Å². The molecule has 0 spiro atoms. The first kappa shape index (κ1) is 10.6. The van der Waals surface area contributed by atoms with E-state index in [1.807, 2.05) is 0 Å². The molecular formula is C12H12N4S2. The van der Waals surface area contributed by atoms with Gasteiger partial charge in [0.1, 0.15) is 11.2 Å². The van der Waals surface area contributed by atoms with Crippen molar-refractivity contribution in [2.24, 2.45) is 5.92 Å². The quantitative estimate of drug-likeness (QED) is 0.642. The molecule has 0 unspecified atom stereocenters. The Hall–Kier alpha value is -1.27. The van der Waals surface area contributed by atoms with Gasteiger partial charge in [-0.1, -0.05) is 6.92 Å². The Kier molecular flexibility index (Phi) is 2.14. The van der Waals surface area contributed by atoms with Gasteiger partial charge in [0.25, 0.3) is 0 Å². The second kappa shape index (κ2) is 3.61. The summed E-state index contributed by atoms with van der Waals surface area (Å²) in [6.07, 6.45) is 5.26. The zero-order valence-corrected chi connectivity index (χ0v) is 11.6. The molecule has 0 saturated carbocycles. The predicted octanol–water partition coefficient (Wildman–Crippen LogP) is 3.13. The number of nitrogens with one attached hydrogen (secondary N) is 1. The van der Waals surface area contributed by atoms with Crippen molar-refractivity contribution in [1.82, 2.24) is 19.6 Å². The lowest BCUT2D eigenvalue weighted by molar-refractivity contribution is 0.508. The molecule has 0 aromatic carbocycles. The molecule has 1 atom stereocenters. The minimum atomic E-state index is 0.557. The van der Waals surface area contributed by atoms with Gasteiger partial charge in [-0.2, -0.15) is 0 Å². The molecular weight excluding hydrogens is 264 g/mol. The minimum Gasteiger partial charge on any atom is -0.280 e. The highest BCUT2D eigenvalue weighted by Crippen LogP contribution is 2.38. The fraction of sp³-hybridized carbons (Fsp3) is 0.417. The first-order chi connectivity index (χ1) is 8.74. The van der Waals surface area contributed by atoms with Gasteiger partial charge in [0.15, 0.2) is 5.65 Å². The van der Waals surface area contributed by atoms with Gasteiger partial charge in [0, 0.05) is 4.88 Å². The van der Waals surface area contributed by atoms with Crippen LogP contribution in [-0.2, 0) is 12.8 Å². The molecule has 1 N–H and O–H groups in total. The topological polar surface area (TPSA) is 46.0 Å². The van der Waals surface area contributed by atoms with Gasteiger partial charge in [-0.3, -0.25) is 5.10 Å². The smallest absolute Gasteiger partial charge is 0.222 e. The number of hydrogen-bond donors (Lipinski definition) is 1. The van der Waals surface area contributed by atoms with Crippen LogP contribution < -0.4 is 0 Å². The van der Waals surface area contributed by atoms with E-state index in [0.717, 1.165) is 22.8 Å². The Morgan fingerprint density at radius 2 is 2.44 bits per heavy atom. The fourth-order valence-corrected chi connectivity index (χ4v) is 4.28. The summed E-state index contributed by atoms with van der Waals surface area (Å²) >= 11 is 7.08. The van der Waals surface area contributed by atoms with Gasteiger partial charge in [-0.25, -0.2) is 14.5 Å². The van der Waals surface area contributed by atoms with Crippen LogP contribution in [-0.4, -0.2) is 19.6 Å². The van der Waals surface area contributed by atoms with Crippen molar-refractivity contribution >= 4 is 39.4 Å². The van der Waals surface area contributed by atoms with Crippen LogP contribution >= 0.6 is 23.6 Å². The number of hydrogen-bond acceptors (Lipinski definition) is 4. The van der Waals surface area contributed by atoms with Crippen molar-refractivity contribution in [3.8, 4) is 0 Å². The second-order valence-electron chi connectivity index (χ2n) is 4.97. The molecule has 4 nitrogen and oxygen atoms in total. The lowest BCUT2D eigenvalue weighted by atomic mass is 9.89. The van der Waals surface area contributed by atoms with Gasteiger partial charge in [-0.15, -0.1) is 11.3 Å². The summed E-state index contributed by atoms with van der Waals surface area (Å²) < 4.78 is 2.35. The van der Waals surface area contributed by atoms with E-state index in [2.05, 4.69) is 22.0 Å². The van der Waals surface area contributed by atoms with Gasteiger partial charge in [0.05, 0.1) is 5.39 Å². The zero-order valence-electron chi connectivity index (χ0n) is 9.93. The highest BCUT2D eigenvalue weighted by molar-refractivity contribution is 7.71. The monoisotopic (exact) mass is 276 g/mol. The van der Waals surface area contributed by atoms with Crippen molar-refractivity contribution < 1.29 is 0 Å². The Morgan fingerprint density at radius 3 is 3.33 bits per heavy atom. The Morgan fingerprint density at radius 1 is 1.56 bits per heavy atom. The van der Waals surface area contributed by atoms with Crippen LogP contribution in [0, 0.1) is 10.7 Å². The van der Waals surface area contributed by atoms with Gasteiger partial charge in [-0.05, 0) is 43.0 Å². The molecule has 18 heavy (non-hydrogen) atoms. The molecule has 0 saturated heterocycles. The molecule has 3 aromatic rings. The van der Waals surface area contributed by atoms with Crippen LogP contribution in [0.5, 0.6) is 0 Å². The molecule has 0 amide bonds. The van der Waals surface area contributed by atoms with Crippen molar-refractivity contribution in [1.29, 1.82) is 0 Å². The third-order valence-corrected chi connectivity index (χ3v) is 5.15. The first-order valence-electron chi connectivity index (χ1n) is 6.10. The first-order valence-corrected chi connectivity index (χ1v) is 7.33. The SMILES string of the molecule is C[C@H]1CCc2sc3nc(=S)n4[nH]cnc4c3c2C1. The highest BCUT2D eigenvalue weighted by atomic mass is 32.1. The average molecular weight is 276 g/mol. The molecule has 92 valence electrons. The highest BCUT2D eigenvalue weighted by Gasteiger charge is 2.23. The molecule has 4 rings (SSSR count). The number of nitrogens with zero attached hydrogens (tertiary/aromatic N) is 3. The van der Waals surface area contributed by atoms with Crippen molar-refractivity contribution in [3.05, 3.63) is 21.5 Å². The molecule has 0 fully saturated rings. The van der Waals surface area contributed by atoms with Crippen LogP contribution in [0.1, 0.15) is 23.8 Å². The Labute approximate surface area is 113 Å².